The third-order valence-electron chi connectivity index (χ3n) is 3.44. The minimum absolute atomic E-state index is 0.0146. The number of amides is 1. The van der Waals surface area contributed by atoms with Crippen LogP contribution in [0.15, 0.2) is 42.5 Å². The Labute approximate surface area is 119 Å². The van der Waals surface area contributed by atoms with E-state index in [9.17, 15) is 9.59 Å². The number of rotatable bonds is 4. The molecule has 0 radical (unpaired) electrons. The standard InChI is InChI=1S/C16H19NO3/c1-20-15(18)12-17(14-10-6-3-7-11-14)16(19)13-8-4-2-5-9-13/h2,4-6,8-10,14H,3,7,11-12H2,1H3. The summed E-state index contributed by atoms with van der Waals surface area (Å²) in [5, 5.41) is 0. The van der Waals surface area contributed by atoms with Crippen LogP contribution in [0, 0.1) is 0 Å². The van der Waals surface area contributed by atoms with E-state index >= 15 is 0 Å². The number of benzene rings is 1. The Morgan fingerprint density at radius 1 is 1.30 bits per heavy atom. The largest absolute Gasteiger partial charge is 0.468 e. The molecular weight excluding hydrogens is 254 g/mol. The van der Waals surface area contributed by atoms with E-state index in [4.69, 9.17) is 4.74 Å². The SMILES string of the molecule is COC(=O)CN(C(=O)c1ccccc1)C1C=CCCC1. The Hall–Kier alpha value is -2.10. The lowest BCUT2D eigenvalue weighted by Crippen LogP contribution is -2.43. The van der Waals surface area contributed by atoms with Crippen molar-refractivity contribution in [3.63, 3.8) is 0 Å². The molecule has 1 aliphatic carbocycles. The van der Waals surface area contributed by atoms with Crippen molar-refractivity contribution in [1.82, 2.24) is 4.90 Å². The molecule has 0 fully saturated rings. The molecule has 20 heavy (non-hydrogen) atoms. The molecule has 106 valence electrons. The number of hydrogen-bond donors (Lipinski definition) is 0. The van der Waals surface area contributed by atoms with Crippen molar-refractivity contribution in [3.8, 4) is 0 Å². The van der Waals surface area contributed by atoms with Crippen LogP contribution in [-0.4, -0.2) is 36.5 Å². The minimum Gasteiger partial charge on any atom is -0.468 e. The van der Waals surface area contributed by atoms with Crippen LogP contribution in [-0.2, 0) is 9.53 Å². The number of nitrogens with zero attached hydrogens (tertiary/aromatic N) is 1. The molecule has 1 unspecified atom stereocenters. The Morgan fingerprint density at radius 2 is 2.05 bits per heavy atom. The highest BCUT2D eigenvalue weighted by Gasteiger charge is 2.26. The molecule has 0 saturated carbocycles. The minimum atomic E-state index is -0.395. The molecule has 0 heterocycles. The van der Waals surface area contributed by atoms with Crippen LogP contribution >= 0.6 is 0 Å². The lowest BCUT2D eigenvalue weighted by Gasteiger charge is -2.30. The second kappa shape index (κ2) is 6.89. The van der Waals surface area contributed by atoms with E-state index in [0.29, 0.717) is 5.56 Å². The Morgan fingerprint density at radius 3 is 2.65 bits per heavy atom. The molecule has 0 bridgehead atoms. The average molecular weight is 273 g/mol. The topological polar surface area (TPSA) is 46.6 Å². The van der Waals surface area contributed by atoms with E-state index < -0.39 is 5.97 Å². The summed E-state index contributed by atoms with van der Waals surface area (Å²) >= 11 is 0. The van der Waals surface area contributed by atoms with Gasteiger partial charge in [0, 0.05) is 5.56 Å². The van der Waals surface area contributed by atoms with Gasteiger partial charge in [-0.05, 0) is 31.4 Å². The van der Waals surface area contributed by atoms with Crippen molar-refractivity contribution in [1.29, 1.82) is 0 Å². The van der Waals surface area contributed by atoms with Crippen LogP contribution in [0.25, 0.3) is 0 Å². The summed E-state index contributed by atoms with van der Waals surface area (Å²) in [6.07, 6.45) is 7.01. The quantitative estimate of drug-likeness (QED) is 0.625. The summed E-state index contributed by atoms with van der Waals surface area (Å²) in [7, 11) is 1.34. The molecule has 0 aliphatic heterocycles. The van der Waals surface area contributed by atoms with Gasteiger partial charge >= 0.3 is 5.97 Å². The highest BCUT2D eigenvalue weighted by atomic mass is 16.5. The Balaban J connectivity index is 2.21. The van der Waals surface area contributed by atoms with Crippen molar-refractivity contribution in [2.45, 2.75) is 25.3 Å². The van der Waals surface area contributed by atoms with Gasteiger partial charge in [0.15, 0.2) is 0 Å². The number of methoxy groups -OCH3 is 1. The maximum atomic E-state index is 12.6. The second-order valence-electron chi connectivity index (χ2n) is 4.80. The number of hydrogen-bond acceptors (Lipinski definition) is 3. The smallest absolute Gasteiger partial charge is 0.325 e. The summed E-state index contributed by atoms with van der Waals surface area (Å²) in [5.41, 5.74) is 0.593. The van der Waals surface area contributed by atoms with Crippen molar-refractivity contribution in [3.05, 3.63) is 48.0 Å². The van der Waals surface area contributed by atoms with Crippen molar-refractivity contribution >= 4 is 11.9 Å². The zero-order valence-corrected chi connectivity index (χ0v) is 11.6. The molecule has 0 saturated heterocycles. The van der Waals surface area contributed by atoms with Gasteiger partial charge in [0.2, 0.25) is 0 Å². The average Bonchev–Trinajstić information content (AvgIpc) is 2.53. The fourth-order valence-corrected chi connectivity index (χ4v) is 2.34. The fourth-order valence-electron chi connectivity index (χ4n) is 2.34. The summed E-state index contributed by atoms with van der Waals surface area (Å²) < 4.78 is 4.70. The van der Waals surface area contributed by atoms with Gasteiger partial charge in [0.05, 0.1) is 13.2 Å². The van der Waals surface area contributed by atoms with Gasteiger partial charge in [-0.25, -0.2) is 0 Å². The van der Waals surface area contributed by atoms with E-state index in [1.54, 1.807) is 17.0 Å². The number of carbonyl (C=O) groups is 2. The number of esters is 1. The molecule has 1 aromatic rings. The van der Waals surface area contributed by atoms with Crippen molar-refractivity contribution in [2.24, 2.45) is 0 Å². The first kappa shape index (κ1) is 14.3. The zero-order chi connectivity index (χ0) is 14.4. The van der Waals surface area contributed by atoms with Gasteiger partial charge in [0.25, 0.3) is 5.91 Å². The monoisotopic (exact) mass is 273 g/mol. The van der Waals surface area contributed by atoms with Crippen molar-refractivity contribution in [2.75, 3.05) is 13.7 Å². The predicted molar refractivity (Wildman–Crippen MR) is 76.3 cm³/mol. The van der Waals surface area contributed by atoms with Crippen LogP contribution < -0.4 is 0 Å². The summed E-state index contributed by atoms with van der Waals surface area (Å²) in [5.74, 6) is -0.527. The first-order chi connectivity index (χ1) is 9.72. The Kier molecular flexibility index (Phi) is 4.93. The molecule has 0 spiro atoms. The normalized spacial score (nSPS) is 17.6. The second-order valence-corrected chi connectivity index (χ2v) is 4.80. The van der Waals surface area contributed by atoms with E-state index in [-0.39, 0.29) is 18.5 Å². The molecule has 1 aromatic carbocycles. The van der Waals surface area contributed by atoms with Gasteiger partial charge in [0.1, 0.15) is 6.54 Å². The van der Waals surface area contributed by atoms with Crippen LogP contribution in [0.3, 0.4) is 0 Å². The van der Waals surface area contributed by atoms with Gasteiger partial charge in [-0.15, -0.1) is 0 Å². The lowest BCUT2D eigenvalue weighted by molar-refractivity contribution is -0.141. The molecule has 4 nitrogen and oxygen atoms in total. The van der Waals surface area contributed by atoms with Crippen molar-refractivity contribution < 1.29 is 14.3 Å². The van der Waals surface area contributed by atoms with Gasteiger partial charge in [-0.2, -0.15) is 0 Å². The van der Waals surface area contributed by atoms with E-state index in [2.05, 4.69) is 6.08 Å². The zero-order valence-electron chi connectivity index (χ0n) is 11.6. The molecule has 2 rings (SSSR count). The van der Waals surface area contributed by atoms with E-state index in [1.165, 1.54) is 7.11 Å². The molecule has 1 aliphatic rings. The summed E-state index contributed by atoms with van der Waals surface area (Å²) in [6, 6.07) is 9.00. The van der Waals surface area contributed by atoms with E-state index in [0.717, 1.165) is 19.3 Å². The third kappa shape index (κ3) is 3.47. The molecule has 0 aromatic heterocycles. The first-order valence-electron chi connectivity index (χ1n) is 6.82. The third-order valence-corrected chi connectivity index (χ3v) is 3.44. The first-order valence-corrected chi connectivity index (χ1v) is 6.82. The van der Waals surface area contributed by atoms with E-state index in [1.807, 2.05) is 24.3 Å². The summed E-state index contributed by atoms with van der Waals surface area (Å²) in [4.78, 5) is 25.7. The molecule has 1 amide bonds. The maximum absolute atomic E-state index is 12.6. The van der Waals surface area contributed by atoms with Crippen LogP contribution in [0.1, 0.15) is 29.6 Å². The number of allylic oxidation sites excluding steroid dienone is 1. The van der Waals surface area contributed by atoms with Gasteiger partial charge in [-0.1, -0.05) is 30.4 Å². The van der Waals surface area contributed by atoms with Crippen LogP contribution in [0.4, 0.5) is 0 Å². The predicted octanol–water partition coefficient (Wildman–Crippen LogP) is 2.41. The lowest BCUT2D eigenvalue weighted by atomic mass is 10.0. The maximum Gasteiger partial charge on any atom is 0.325 e. The molecule has 0 N–H and O–H groups in total. The highest BCUT2D eigenvalue weighted by Crippen LogP contribution is 2.19. The highest BCUT2D eigenvalue weighted by molar-refractivity contribution is 5.96. The van der Waals surface area contributed by atoms with Crippen LogP contribution in [0.2, 0.25) is 0 Å². The molecule has 1 atom stereocenters. The molecular formula is C16H19NO3. The number of carbonyl (C=O) groups excluding carboxylic acids is 2. The fraction of sp³-hybridized carbons (Fsp3) is 0.375. The molecule has 4 heteroatoms. The van der Waals surface area contributed by atoms with Gasteiger partial charge in [-0.3, -0.25) is 9.59 Å². The summed E-state index contributed by atoms with van der Waals surface area (Å²) in [6.45, 7) is -0.0146. The Bertz CT molecular complexity index is 496. The number of ether oxygens (including phenoxy) is 1. The van der Waals surface area contributed by atoms with Crippen LogP contribution in [0.5, 0.6) is 0 Å². The van der Waals surface area contributed by atoms with Gasteiger partial charge < -0.3 is 9.64 Å².